The zero-order chi connectivity index (χ0) is 12.8. The van der Waals surface area contributed by atoms with Crippen molar-refractivity contribution >= 4 is 0 Å². The van der Waals surface area contributed by atoms with Gasteiger partial charge in [0.05, 0.1) is 12.7 Å². The molecule has 1 fully saturated rings. The third-order valence-electron chi connectivity index (χ3n) is 3.68. The Morgan fingerprint density at radius 1 is 1.41 bits per heavy atom. The lowest BCUT2D eigenvalue weighted by Gasteiger charge is -2.40. The SMILES string of the molecule is CCC1COC(C)CN1CC(CN)CC(C)C. The summed E-state index contributed by atoms with van der Waals surface area (Å²) in [6, 6.07) is 0.590. The van der Waals surface area contributed by atoms with E-state index in [2.05, 4.69) is 32.6 Å². The van der Waals surface area contributed by atoms with Gasteiger partial charge in [-0.05, 0) is 38.1 Å². The predicted molar refractivity (Wildman–Crippen MR) is 73.1 cm³/mol. The molecule has 1 saturated heterocycles. The average molecular weight is 242 g/mol. The van der Waals surface area contributed by atoms with Crippen molar-refractivity contribution in [3.8, 4) is 0 Å². The molecule has 0 spiro atoms. The van der Waals surface area contributed by atoms with E-state index in [1.807, 2.05) is 0 Å². The standard InChI is InChI=1S/C14H30N2O/c1-5-14-10-17-12(4)8-16(14)9-13(7-15)6-11(2)3/h11-14H,5-10,15H2,1-4H3. The smallest absolute Gasteiger partial charge is 0.0674 e. The molecule has 3 unspecified atom stereocenters. The maximum absolute atomic E-state index is 5.90. The predicted octanol–water partition coefficient (Wildman–Crippen LogP) is 2.11. The van der Waals surface area contributed by atoms with Crippen molar-refractivity contribution in [2.75, 3.05) is 26.2 Å². The molecule has 1 heterocycles. The number of morpholine rings is 1. The Hall–Kier alpha value is -0.120. The summed E-state index contributed by atoms with van der Waals surface area (Å²) in [5.74, 6) is 1.37. The van der Waals surface area contributed by atoms with Crippen molar-refractivity contribution in [3.05, 3.63) is 0 Å². The second-order valence-electron chi connectivity index (χ2n) is 5.89. The third-order valence-corrected chi connectivity index (χ3v) is 3.68. The van der Waals surface area contributed by atoms with Crippen molar-refractivity contribution in [2.45, 2.75) is 52.7 Å². The highest BCUT2D eigenvalue weighted by atomic mass is 16.5. The Kier molecular flexibility index (Phi) is 6.45. The zero-order valence-electron chi connectivity index (χ0n) is 12.0. The molecule has 0 aliphatic carbocycles. The Labute approximate surface area is 107 Å². The maximum Gasteiger partial charge on any atom is 0.0674 e. The molecule has 102 valence electrons. The van der Waals surface area contributed by atoms with Crippen LogP contribution in [0.5, 0.6) is 0 Å². The van der Waals surface area contributed by atoms with Crippen LogP contribution in [0.15, 0.2) is 0 Å². The molecule has 0 aromatic heterocycles. The van der Waals surface area contributed by atoms with Crippen molar-refractivity contribution in [3.63, 3.8) is 0 Å². The van der Waals surface area contributed by atoms with E-state index in [1.165, 1.54) is 12.8 Å². The van der Waals surface area contributed by atoms with Crippen molar-refractivity contribution < 1.29 is 4.74 Å². The first-order valence-electron chi connectivity index (χ1n) is 7.12. The summed E-state index contributed by atoms with van der Waals surface area (Å²) in [4.78, 5) is 2.59. The van der Waals surface area contributed by atoms with Gasteiger partial charge in [0, 0.05) is 19.1 Å². The van der Waals surface area contributed by atoms with Crippen molar-refractivity contribution in [1.29, 1.82) is 0 Å². The Balaban J connectivity index is 2.49. The quantitative estimate of drug-likeness (QED) is 0.775. The lowest BCUT2D eigenvalue weighted by molar-refractivity contribution is -0.0609. The summed E-state index contributed by atoms with van der Waals surface area (Å²) in [6.45, 7) is 12.9. The molecule has 3 atom stereocenters. The van der Waals surface area contributed by atoms with Crippen LogP contribution in [0.3, 0.4) is 0 Å². The fraction of sp³-hybridized carbons (Fsp3) is 1.00. The van der Waals surface area contributed by atoms with Gasteiger partial charge in [0.25, 0.3) is 0 Å². The first-order chi connectivity index (χ1) is 8.06. The van der Waals surface area contributed by atoms with Crippen LogP contribution in [0.4, 0.5) is 0 Å². The first kappa shape index (κ1) is 14.9. The molecular weight excluding hydrogens is 212 g/mol. The third kappa shape index (κ3) is 4.94. The maximum atomic E-state index is 5.90. The normalized spacial score (nSPS) is 28.6. The van der Waals surface area contributed by atoms with Gasteiger partial charge in [-0.15, -0.1) is 0 Å². The van der Waals surface area contributed by atoms with Gasteiger partial charge < -0.3 is 10.5 Å². The van der Waals surface area contributed by atoms with Crippen LogP contribution in [0.25, 0.3) is 0 Å². The van der Waals surface area contributed by atoms with Crippen LogP contribution in [0.2, 0.25) is 0 Å². The number of hydrogen-bond acceptors (Lipinski definition) is 3. The number of rotatable bonds is 6. The van der Waals surface area contributed by atoms with Gasteiger partial charge in [-0.1, -0.05) is 20.8 Å². The Bertz CT molecular complexity index is 208. The van der Waals surface area contributed by atoms with E-state index in [0.717, 1.165) is 32.2 Å². The Morgan fingerprint density at radius 3 is 2.65 bits per heavy atom. The number of ether oxygens (including phenoxy) is 1. The second kappa shape index (κ2) is 7.34. The summed E-state index contributed by atoms with van der Waals surface area (Å²) in [7, 11) is 0. The van der Waals surface area contributed by atoms with E-state index in [4.69, 9.17) is 10.5 Å². The molecule has 0 aromatic carbocycles. The molecule has 3 heteroatoms. The number of nitrogens with two attached hydrogens (primary N) is 1. The lowest BCUT2D eigenvalue weighted by Crippen LogP contribution is -2.50. The van der Waals surface area contributed by atoms with Crippen molar-refractivity contribution in [1.82, 2.24) is 4.90 Å². The largest absolute Gasteiger partial charge is 0.376 e. The molecule has 2 N–H and O–H groups in total. The summed E-state index contributed by atoms with van der Waals surface area (Å²) >= 11 is 0. The zero-order valence-corrected chi connectivity index (χ0v) is 12.0. The molecule has 0 radical (unpaired) electrons. The highest BCUT2D eigenvalue weighted by Crippen LogP contribution is 2.19. The van der Waals surface area contributed by atoms with Crippen LogP contribution in [0, 0.1) is 11.8 Å². The summed E-state index contributed by atoms with van der Waals surface area (Å²) in [5.41, 5.74) is 5.90. The van der Waals surface area contributed by atoms with Gasteiger partial charge in [0.15, 0.2) is 0 Å². The minimum Gasteiger partial charge on any atom is -0.376 e. The van der Waals surface area contributed by atoms with Gasteiger partial charge in [-0.3, -0.25) is 4.90 Å². The average Bonchev–Trinajstić information content (AvgIpc) is 2.28. The van der Waals surface area contributed by atoms with Gasteiger partial charge in [0.1, 0.15) is 0 Å². The molecule has 0 bridgehead atoms. The van der Waals surface area contributed by atoms with Crippen molar-refractivity contribution in [2.24, 2.45) is 17.6 Å². The molecule has 0 aromatic rings. The molecule has 3 nitrogen and oxygen atoms in total. The minimum absolute atomic E-state index is 0.371. The van der Waals surface area contributed by atoms with E-state index in [0.29, 0.717) is 18.1 Å². The van der Waals surface area contributed by atoms with Crippen LogP contribution in [-0.4, -0.2) is 43.3 Å². The molecule has 17 heavy (non-hydrogen) atoms. The van der Waals surface area contributed by atoms with E-state index in [-0.39, 0.29) is 0 Å². The Morgan fingerprint density at radius 2 is 2.12 bits per heavy atom. The summed E-state index contributed by atoms with van der Waals surface area (Å²) in [5, 5.41) is 0. The van der Waals surface area contributed by atoms with E-state index >= 15 is 0 Å². The molecule has 1 aliphatic heterocycles. The van der Waals surface area contributed by atoms with Gasteiger partial charge >= 0.3 is 0 Å². The van der Waals surface area contributed by atoms with Gasteiger partial charge in [-0.2, -0.15) is 0 Å². The second-order valence-corrected chi connectivity index (χ2v) is 5.89. The van der Waals surface area contributed by atoms with Gasteiger partial charge in [-0.25, -0.2) is 0 Å². The first-order valence-corrected chi connectivity index (χ1v) is 7.12. The van der Waals surface area contributed by atoms with E-state index < -0.39 is 0 Å². The summed E-state index contributed by atoms with van der Waals surface area (Å²) in [6.07, 6.45) is 2.78. The number of hydrogen-bond donors (Lipinski definition) is 1. The molecular formula is C14H30N2O. The van der Waals surface area contributed by atoms with Crippen LogP contribution < -0.4 is 5.73 Å². The van der Waals surface area contributed by atoms with E-state index in [1.54, 1.807) is 0 Å². The highest BCUT2D eigenvalue weighted by molar-refractivity contribution is 4.80. The molecule has 0 amide bonds. The topological polar surface area (TPSA) is 38.5 Å². The molecule has 1 rings (SSSR count). The van der Waals surface area contributed by atoms with Crippen LogP contribution in [0.1, 0.15) is 40.5 Å². The highest BCUT2D eigenvalue weighted by Gasteiger charge is 2.27. The fourth-order valence-corrected chi connectivity index (χ4v) is 2.76. The monoisotopic (exact) mass is 242 g/mol. The molecule has 0 saturated carbocycles. The van der Waals surface area contributed by atoms with Crippen LogP contribution >= 0.6 is 0 Å². The fourth-order valence-electron chi connectivity index (χ4n) is 2.76. The number of nitrogens with zero attached hydrogens (tertiary/aromatic N) is 1. The summed E-state index contributed by atoms with van der Waals surface area (Å²) < 4.78 is 5.73. The van der Waals surface area contributed by atoms with Gasteiger partial charge in [0.2, 0.25) is 0 Å². The van der Waals surface area contributed by atoms with Crippen LogP contribution in [-0.2, 0) is 4.74 Å². The lowest BCUT2D eigenvalue weighted by atomic mass is 9.95. The minimum atomic E-state index is 0.371. The van der Waals surface area contributed by atoms with E-state index in [9.17, 15) is 0 Å². The molecule has 1 aliphatic rings.